The second kappa shape index (κ2) is 14.1. The molecule has 0 bridgehead atoms. The highest BCUT2D eigenvalue weighted by Gasteiger charge is 2.32. The van der Waals surface area contributed by atoms with Crippen LogP contribution in [0.1, 0.15) is 43.4 Å². The molecule has 0 aliphatic carbocycles. The standard InChI is InChI=1S/C30H35BrClN3O4S/c1-5-6-16-33-30(37)23(4)34(19-24-8-7-9-25(31)17-24)29(36)20-35(26-13-12-22(3)28(32)18-26)40(38,39)27-14-10-21(2)11-15-27/h7-15,17-18,23H,5-6,16,19-20H2,1-4H3,(H,33,37). The van der Waals surface area contributed by atoms with Gasteiger partial charge in [-0.05, 0) is 74.7 Å². The first-order valence-corrected chi connectivity index (χ1v) is 15.7. The van der Waals surface area contributed by atoms with Gasteiger partial charge >= 0.3 is 0 Å². The summed E-state index contributed by atoms with van der Waals surface area (Å²) in [6, 6.07) is 17.9. The number of aryl methyl sites for hydroxylation is 2. The van der Waals surface area contributed by atoms with E-state index < -0.39 is 28.5 Å². The fourth-order valence-corrected chi connectivity index (χ4v) is 6.08. The maximum Gasteiger partial charge on any atom is 0.264 e. The summed E-state index contributed by atoms with van der Waals surface area (Å²) in [6.07, 6.45) is 1.73. The Bertz CT molecular complexity index is 1450. The molecule has 0 heterocycles. The Morgan fingerprint density at radius 1 is 1.02 bits per heavy atom. The Balaban J connectivity index is 2.03. The Morgan fingerprint density at radius 3 is 2.35 bits per heavy atom. The van der Waals surface area contributed by atoms with Crippen molar-refractivity contribution >= 4 is 55.1 Å². The Kier molecular flexibility index (Phi) is 11.2. The fraction of sp³-hybridized carbons (Fsp3) is 0.333. The number of nitrogens with one attached hydrogen (secondary N) is 1. The molecular formula is C30H35BrClN3O4S. The molecule has 0 aromatic heterocycles. The van der Waals surface area contributed by atoms with Gasteiger partial charge in [0.1, 0.15) is 12.6 Å². The summed E-state index contributed by atoms with van der Waals surface area (Å²) in [5.41, 5.74) is 2.73. The summed E-state index contributed by atoms with van der Waals surface area (Å²) in [5.74, 6) is -0.825. The predicted octanol–water partition coefficient (Wildman–Crippen LogP) is 6.25. The molecule has 10 heteroatoms. The van der Waals surface area contributed by atoms with Crippen LogP contribution >= 0.6 is 27.5 Å². The molecule has 214 valence electrons. The molecule has 3 aromatic rings. The second-order valence-corrected chi connectivity index (χ2v) is 12.9. The minimum atomic E-state index is -4.15. The molecule has 3 aromatic carbocycles. The molecule has 0 spiro atoms. The van der Waals surface area contributed by atoms with Crippen LogP contribution in [0, 0.1) is 13.8 Å². The predicted molar refractivity (Wildman–Crippen MR) is 164 cm³/mol. The molecule has 0 radical (unpaired) electrons. The summed E-state index contributed by atoms with van der Waals surface area (Å²) in [4.78, 5) is 28.5. The zero-order valence-corrected chi connectivity index (χ0v) is 26.3. The number of unbranched alkanes of at least 4 members (excludes halogenated alkanes) is 1. The number of rotatable bonds is 12. The highest BCUT2D eigenvalue weighted by atomic mass is 79.9. The van der Waals surface area contributed by atoms with Gasteiger partial charge in [-0.2, -0.15) is 0 Å². The van der Waals surface area contributed by atoms with Crippen LogP contribution in [0.4, 0.5) is 5.69 Å². The van der Waals surface area contributed by atoms with E-state index in [1.807, 2.05) is 45.0 Å². The number of halogens is 2. The minimum Gasteiger partial charge on any atom is -0.354 e. The van der Waals surface area contributed by atoms with E-state index in [-0.39, 0.29) is 23.0 Å². The van der Waals surface area contributed by atoms with E-state index >= 15 is 0 Å². The van der Waals surface area contributed by atoms with Crippen LogP contribution in [0.5, 0.6) is 0 Å². The molecule has 0 aliphatic rings. The van der Waals surface area contributed by atoms with Gasteiger partial charge in [0.15, 0.2) is 0 Å². The van der Waals surface area contributed by atoms with E-state index in [2.05, 4.69) is 21.2 Å². The van der Waals surface area contributed by atoms with Crippen molar-refractivity contribution in [2.24, 2.45) is 0 Å². The maximum atomic E-state index is 14.0. The Hall–Kier alpha value is -2.88. The van der Waals surface area contributed by atoms with Crippen LogP contribution < -0.4 is 9.62 Å². The van der Waals surface area contributed by atoms with Crippen molar-refractivity contribution in [3.05, 3.63) is 92.9 Å². The molecule has 0 fully saturated rings. The number of amides is 2. The van der Waals surface area contributed by atoms with Gasteiger partial charge in [-0.25, -0.2) is 8.42 Å². The van der Waals surface area contributed by atoms with Gasteiger partial charge in [-0.15, -0.1) is 0 Å². The zero-order chi connectivity index (χ0) is 29.4. The number of benzene rings is 3. The summed E-state index contributed by atoms with van der Waals surface area (Å²) < 4.78 is 29.7. The van der Waals surface area contributed by atoms with Crippen molar-refractivity contribution in [3.8, 4) is 0 Å². The van der Waals surface area contributed by atoms with Gasteiger partial charge in [-0.3, -0.25) is 13.9 Å². The van der Waals surface area contributed by atoms with Crippen molar-refractivity contribution < 1.29 is 18.0 Å². The number of sulfonamides is 1. The number of hydrogen-bond acceptors (Lipinski definition) is 4. The smallest absolute Gasteiger partial charge is 0.264 e. The highest BCUT2D eigenvalue weighted by Crippen LogP contribution is 2.29. The van der Waals surface area contributed by atoms with Crippen LogP contribution in [0.3, 0.4) is 0 Å². The lowest BCUT2D eigenvalue weighted by atomic mass is 10.1. The van der Waals surface area contributed by atoms with E-state index in [1.54, 1.807) is 31.2 Å². The molecule has 1 unspecified atom stereocenters. The van der Waals surface area contributed by atoms with Crippen LogP contribution in [0.25, 0.3) is 0 Å². The summed E-state index contributed by atoms with van der Waals surface area (Å²) in [5, 5.41) is 3.26. The van der Waals surface area contributed by atoms with Crippen LogP contribution in [-0.2, 0) is 26.2 Å². The fourth-order valence-electron chi connectivity index (χ4n) is 4.05. The van der Waals surface area contributed by atoms with E-state index in [1.165, 1.54) is 23.1 Å². The molecule has 0 aliphatic heterocycles. The summed E-state index contributed by atoms with van der Waals surface area (Å²) >= 11 is 9.83. The van der Waals surface area contributed by atoms with Crippen LogP contribution in [0.2, 0.25) is 5.02 Å². The summed E-state index contributed by atoms with van der Waals surface area (Å²) in [6.45, 7) is 7.45. The molecule has 0 saturated carbocycles. The number of carbonyl (C=O) groups is 2. The third-order valence-corrected chi connectivity index (χ3v) is 9.26. The number of nitrogens with zero attached hydrogens (tertiary/aromatic N) is 2. The quantitative estimate of drug-likeness (QED) is 0.235. The molecular weight excluding hydrogens is 614 g/mol. The van der Waals surface area contributed by atoms with Crippen molar-refractivity contribution in [2.75, 3.05) is 17.4 Å². The number of carbonyl (C=O) groups excluding carboxylic acids is 2. The van der Waals surface area contributed by atoms with Crippen LogP contribution in [-0.4, -0.2) is 44.3 Å². The largest absolute Gasteiger partial charge is 0.354 e. The zero-order valence-electron chi connectivity index (χ0n) is 23.2. The Morgan fingerprint density at radius 2 is 1.73 bits per heavy atom. The van der Waals surface area contributed by atoms with Crippen LogP contribution in [0.15, 0.2) is 76.1 Å². The molecule has 0 saturated heterocycles. The maximum absolute atomic E-state index is 14.0. The van der Waals surface area contributed by atoms with Gasteiger partial charge in [-0.1, -0.05) is 76.8 Å². The first kappa shape index (κ1) is 31.6. The average Bonchev–Trinajstić information content (AvgIpc) is 2.91. The molecule has 3 rings (SSSR count). The number of hydrogen-bond donors (Lipinski definition) is 1. The van der Waals surface area contributed by atoms with E-state index in [0.717, 1.165) is 38.3 Å². The highest BCUT2D eigenvalue weighted by molar-refractivity contribution is 9.10. The van der Waals surface area contributed by atoms with Gasteiger partial charge in [0.25, 0.3) is 10.0 Å². The molecule has 7 nitrogen and oxygen atoms in total. The van der Waals surface area contributed by atoms with Crippen molar-refractivity contribution in [1.29, 1.82) is 0 Å². The first-order valence-electron chi connectivity index (χ1n) is 13.1. The van der Waals surface area contributed by atoms with E-state index in [9.17, 15) is 18.0 Å². The molecule has 1 atom stereocenters. The van der Waals surface area contributed by atoms with Gasteiger partial charge in [0.2, 0.25) is 11.8 Å². The molecule has 1 N–H and O–H groups in total. The SMILES string of the molecule is CCCCNC(=O)C(C)N(Cc1cccc(Br)c1)C(=O)CN(c1ccc(C)c(Cl)c1)S(=O)(=O)c1ccc(C)cc1. The first-order chi connectivity index (χ1) is 18.9. The van der Waals surface area contributed by atoms with E-state index in [4.69, 9.17) is 11.6 Å². The lowest BCUT2D eigenvalue weighted by Crippen LogP contribution is -2.51. The van der Waals surface area contributed by atoms with Crippen molar-refractivity contribution in [1.82, 2.24) is 10.2 Å². The van der Waals surface area contributed by atoms with Crippen molar-refractivity contribution in [3.63, 3.8) is 0 Å². The van der Waals surface area contributed by atoms with Gasteiger partial charge in [0.05, 0.1) is 10.6 Å². The Labute approximate surface area is 250 Å². The minimum absolute atomic E-state index is 0.0477. The molecule has 2 amide bonds. The topological polar surface area (TPSA) is 86.8 Å². The van der Waals surface area contributed by atoms with Gasteiger partial charge < -0.3 is 10.2 Å². The van der Waals surface area contributed by atoms with Crippen molar-refractivity contribution in [2.45, 2.75) is 58.0 Å². The molecule has 40 heavy (non-hydrogen) atoms. The third-order valence-electron chi connectivity index (χ3n) is 6.57. The number of anilines is 1. The van der Waals surface area contributed by atoms with E-state index in [0.29, 0.717) is 11.6 Å². The summed E-state index contributed by atoms with van der Waals surface area (Å²) in [7, 11) is -4.15. The third kappa shape index (κ3) is 8.08. The monoisotopic (exact) mass is 647 g/mol. The second-order valence-electron chi connectivity index (χ2n) is 9.73. The lowest BCUT2D eigenvalue weighted by Gasteiger charge is -2.32. The van der Waals surface area contributed by atoms with Gasteiger partial charge in [0, 0.05) is 22.6 Å². The normalized spacial score (nSPS) is 12.1. The average molecular weight is 649 g/mol. The lowest BCUT2D eigenvalue weighted by molar-refractivity contribution is -0.139.